The van der Waals surface area contributed by atoms with Gasteiger partial charge in [0.2, 0.25) is 0 Å². The second-order valence-electron chi connectivity index (χ2n) is 7.40. The molecule has 1 aliphatic heterocycles. The fraction of sp³-hybridized carbons (Fsp3) is 0.571. The molecule has 0 saturated carbocycles. The molecule has 0 bridgehead atoms. The molecule has 0 unspecified atom stereocenters. The molecule has 0 atom stereocenters. The van der Waals surface area contributed by atoms with E-state index in [2.05, 4.69) is 60.5 Å². The van der Waals surface area contributed by atoms with Crippen LogP contribution in [-0.4, -0.2) is 45.3 Å². The first-order chi connectivity index (χ1) is 13.6. The van der Waals surface area contributed by atoms with E-state index < -0.39 is 0 Å². The van der Waals surface area contributed by atoms with Gasteiger partial charge in [0, 0.05) is 46.2 Å². The Hall–Kier alpha value is -2.57. The molecule has 0 aliphatic carbocycles. The van der Waals surface area contributed by atoms with Crippen LogP contribution in [0.3, 0.4) is 0 Å². The normalized spacial score (nSPS) is 14.0. The highest BCUT2D eigenvalue weighted by atomic mass is 16.2. The van der Waals surface area contributed by atoms with Gasteiger partial charge >= 0.3 is 5.69 Å². The summed E-state index contributed by atoms with van der Waals surface area (Å²) in [4.78, 5) is 19.3. The molecule has 1 aromatic carbocycles. The number of aryl methyl sites for hydroxylation is 3. The van der Waals surface area contributed by atoms with E-state index in [1.807, 2.05) is 4.57 Å². The van der Waals surface area contributed by atoms with Gasteiger partial charge in [0.1, 0.15) is 5.82 Å². The average Bonchev–Trinajstić information content (AvgIpc) is 3.02. The second-order valence-corrected chi connectivity index (χ2v) is 7.40. The van der Waals surface area contributed by atoms with Crippen LogP contribution in [0.2, 0.25) is 0 Å². The van der Waals surface area contributed by atoms with Crippen molar-refractivity contribution < 1.29 is 0 Å². The Morgan fingerprint density at radius 1 is 1.32 bits per heavy atom. The lowest BCUT2D eigenvalue weighted by Crippen LogP contribution is -2.38. The first-order valence-corrected chi connectivity index (χ1v) is 10.3. The molecule has 0 radical (unpaired) electrons. The Balaban J connectivity index is 1.58. The van der Waals surface area contributed by atoms with Gasteiger partial charge in [0.25, 0.3) is 0 Å². The van der Waals surface area contributed by atoms with E-state index in [9.17, 15) is 4.79 Å². The lowest BCUT2D eigenvalue weighted by Gasteiger charge is -2.23. The van der Waals surface area contributed by atoms with E-state index in [1.165, 1.54) is 11.1 Å². The maximum Gasteiger partial charge on any atom is 0.345 e. The van der Waals surface area contributed by atoms with Crippen molar-refractivity contribution in [1.82, 2.24) is 24.6 Å². The molecule has 2 heterocycles. The predicted octanol–water partition coefficient (Wildman–Crippen LogP) is 2.18. The van der Waals surface area contributed by atoms with Crippen molar-refractivity contribution >= 4 is 5.96 Å². The maximum atomic E-state index is 12.4. The van der Waals surface area contributed by atoms with Gasteiger partial charge in [-0.05, 0) is 44.2 Å². The Labute approximate surface area is 167 Å². The summed E-state index contributed by atoms with van der Waals surface area (Å²) in [5.74, 6) is 1.83. The van der Waals surface area contributed by atoms with E-state index in [-0.39, 0.29) is 5.69 Å². The molecular formula is C21H32N6O. The Morgan fingerprint density at radius 2 is 2.14 bits per heavy atom. The summed E-state index contributed by atoms with van der Waals surface area (Å²) in [5.41, 5.74) is 2.61. The number of guanidine groups is 1. The zero-order valence-corrected chi connectivity index (χ0v) is 17.3. The van der Waals surface area contributed by atoms with Crippen molar-refractivity contribution in [2.75, 3.05) is 20.1 Å². The van der Waals surface area contributed by atoms with Gasteiger partial charge in [-0.15, -0.1) is 0 Å². The highest BCUT2D eigenvalue weighted by Gasteiger charge is 2.16. The minimum absolute atomic E-state index is 0.0299. The standard InChI is InChI=1S/C21H32N6O/c1-4-22-20(25(3)16-18-11-6-5-10-17(18)2)23-13-9-15-27-21(28)26-14-8-7-12-19(26)24-27/h5-6,10-11H,4,7-9,12-16H2,1-3H3,(H,22,23). The fourth-order valence-corrected chi connectivity index (χ4v) is 3.59. The summed E-state index contributed by atoms with van der Waals surface area (Å²) in [6.45, 7) is 7.93. The van der Waals surface area contributed by atoms with E-state index in [0.717, 1.165) is 57.1 Å². The van der Waals surface area contributed by atoms with Crippen LogP contribution in [0.25, 0.3) is 0 Å². The Bertz CT molecular complexity index is 866. The number of hydrogen-bond acceptors (Lipinski definition) is 3. The van der Waals surface area contributed by atoms with Crippen molar-refractivity contribution in [1.29, 1.82) is 0 Å². The van der Waals surface area contributed by atoms with E-state index in [0.29, 0.717) is 13.1 Å². The van der Waals surface area contributed by atoms with Crippen molar-refractivity contribution in [2.24, 2.45) is 4.99 Å². The third-order valence-electron chi connectivity index (χ3n) is 5.19. The predicted molar refractivity (Wildman–Crippen MR) is 113 cm³/mol. The lowest BCUT2D eigenvalue weighted by molar-refractivity contribution is 0.473. The third-order valence-corrected chi connectivity index (χ3v) is 5.19. The summed E-state index contributed by atoms with van der Waals surface area (Å²) >= 11 is 0. The molecule has 2 aromatic rings. The van der Waals surface area contributed by atoms with Gasteiger partial charge in [-0.3, -0.25) is 9.56 Å². The molecular weight excluding hydrogens is 352 g/mol. The zero-order chi connectivity index (χ0) is 19.9. The SMILES string of the molecule is CCNC(=NCCCn1nc2n(c1=O)CCCC2)N(C)Cc1ccccc1C. The van der Waals surface area contributed by atoms with Crippen molar-refractivity contribution in [3.63, 3.8) is 0 Å². The van der Waals surface area contributed by atoms with Crippen LogP contribution in [0.5, 0.6) is 0 Å². The highest BCUT2D eigenvalue weighted by Crippen LogP contribution is 2.10. The quantitative estimate of drug-likeness (QED) is 0.451. The molecule has 7 heteroatoms. The summed E-state index contributed by atoms with van der Waals surface area (Å²) in [6.07, 6.45) is 3.90. The third kappa shape index (κ3) is 4.82. The van der Waals surface area contributed by atoms with Crippen molar-refractivity contribution in [3.05, 3.63) is 51.7 Å². The van der Waals surface area contributed by atoms with E-state index in [4.69, 9.17) is 4.99 Å². The summed E-state index contributed by atoms with van der Waals surface area (Å²) in [7, 11) is 2.06. The molecule has 1 aromatic heterocycles. The van der Waals surface area contributed by atoms with Gasteiger partial charge in [-0.25, -0.2) is 9.48 Å². The van der Waals surface area contributed by atoms with Crippen LogP contribution in [-0.2, 0) is 26.1 Å². The Morgan fingerprint density at radius 3 is 2.89 bits per heavy atom. The molecule has 1 N–H and O–H groups in total. The highest BCUT2D eigenvalue weighted by molar-refractivity contribution is 5.79. The Kier molecular flexibility index (Phi) is 6.90. The molecule has 0 saturated heterocycles. The van der Waals surface area contributed by atoms with Gasteiger partial charge < -0.3 is 10.2 Å². The summed E-state index contributed by atoms with van der Waals surface area (Å²) < 4.78 is 3.44. The fourth-order valence-electron chi connectivity index (χ4n) is 3.59. The molecule has 28 heavy (non-hydrogen) atoms. The smallest absolute Gasteiger partial charge is 0.345 e. The van der Waals surface area contributed by atoms with Crippen LogP contribution < -0.4 is 11.0 Å². The minimum atomic E-state index is 0.0299. The first kappa shape index (κ1) is 20.2. The number of nitrogens with zero attached hydrogens (tertiary/aromatic N) is 5. The van der Waals surface area contributed by atoms with E-state index in [1.54, 1.807) is 4.68 Å². The van der Waals surface area contributed by atoms with Crippen molar-refractivity contribution in [2.45, 2.75) is 59.2 Å². The molecule has 3 rings (SSSR count). The number of benzene rings is 1. The largest absolute Gasteiger partial charge is 0.357 e. The van der Waals surface area contributed by atoms with Crippen LogP contribution in [0, 0.1) is 6.92 Å². The summed E-state index contributed by atoms with van der Waals surface area (Å²) in [6, 6.07) is 8.42. The summed E-state index contributed by atoms with van der Waals surface area (Å²) in [5, 5.41) is 7.86. The number of hydrogen-bond donors (Lipinski definition) is 1. The first-order valence-electron chi connectivity index (χ1n) is 10.3. The molecule has 0 amide bonds. The lowest BCUT2D eigenvalue weighted by atomic mass is 10.1. The number of rotatable bonds is 7. The average molecular weight is 385 g/mol. The molecule has 0 fully saturated rings. The topological polar surface area (TPSA) is 67.5 Å². The van der Waals surface area contributed by atoms with Crippen LogP contribution >= 0.6 is 0 Å². The monoisotopic (exact) mass is 384 g/mol. The number of fused-ring (bicyclic) bond motifs is 1. The number of aliphatic imine (C=N–C) groups is 1. The van der Waals surface area contributed by atoms with Gasteiger partial charge in [-0.2, -0.15) is 5.10 Å². The maximum absolute atomic E-state index is 12.4. The van der Waals surface area contributed by atoms with Crippen LogP contribution in [0.1, 0.15) is 43.1 Å². The van der Waals surface area contributed by atoms with Gasteiger partial charge in [-0.1, -0.05) is 24.3 Å². The molecule has 7 nitrogen and oxygen atoms in total. The van der Waals surface area contributed by atoms with Crippen LogP contribution in [0.4, 0.5) is 0 Å². The second kappa shape index (κ2) is 9.57. The molecule has 152 valence electrons. The molecule has 1 aliphatic rings. The van der Waals surface area contributed by atoms with E-state index >= 15 is 0 Å². The van der Waals surface area contributed by atoms with Gasteiger partial charge in [0.05, 0.1) is 0 Å². The van der Waals surface area contributed by atoms with Gasteiger partial charge in [0.15, 0.2) is 5.96 Å². The minimum Gasteiger partial charge on any atom is -0.357 e. The van der Waals surface area contributed by atoms with Crippen molar-refractivity contribution in [3.8, 4) is 0 Å². The van der Waals surface area contributed by atoms with Crippen LogP contribution in [0.15, 0.2) is 34.1 Å². The zero-order valence-electron chi connectivity index (χ0n) is 17.3. The number of nitrogens with one attached hydrogen (secondary N) is 1. The molecule has 0 spiro atoms. The number of aromatic nitrogens is 3.